The van der Waals surface area contributed by atoms with Crippen molar-refractivity contribution in [1.29, 1.82) is 0 Å². The van der Waals surface area contributed by atoms with Crippen molar-refractivity contribution in [2.24, 2.45) is 5.92 Å². The molecule has 0 aliphatic carbocycles. The maximum absolute atomic E-state index is 12.8. The van der Waals surface area contributed by atoms with Gasteiger partial charge in [0.1, 0.15) is 0 Å². The average molecular weight is 430 g/mol. The third kappa shape index (κ3) is 4.94. The fraction of sp³-hybridized carbons (Fsp3) is 0.444. The molecule has 8 heteroatoms. The number of benzene rings is 1. The first-order valence-corrected chi connectivity index (χ1v) is 9.23. The summed E-state index contributed by atoms with van der Waals surface area (Å²) in [4.78, 5) is 14.1. The second-order valence-corrected chi connectivity index (χ2v) is 7.50. The summed E-state index contributed by atoms with van der Waals surface area (Å²) in [6.07, 6.45) is -2.88. The Bertz CT molecular complexity index is 814. The van der Waals surface area contributed by atoms with Gasteiger partial charge in [-0.2, -0.15) is 18.3 Å². The second-order valence-electron chi connectivity index (χ2n) is 6.59. The fourth-order valence-corrected chi connectivity index (χ4v) is 3.64. The van der Waals surface area contributed by atoms with Crippen molar-refractivity contribution < 1.29 is 13.2 Å². The highest BCUT2D eigenvalue weighted by Gasteiger charge is 2.33. The number of alkyl halides is 3. The van der Waals surface area contributed by atoms with Crippen LogP contribution in [0.5, 0.6) is 0 Å². The van der Waals surface area contributed by atoms with Crippen LogP contribution in [-0.4, -0.2) is 27.8 Å². The van der Waals surface area contributed by atoms with E-state index in [1.165, 1.54) is 5.56 Å². The highest BCUT2D eigenvalue weighted by atomic mass is 79.9. The molecule has 1 aliphatic heterocycles. The van der Waals surface area contributed by atoms with Gasteiger partial charge in [0.05, 0.1) is 0 Å². The number of rotatable bonds is 4. The minimum absolute atomic E-state index is 0.155. The number of piperidine rings is 1. The van der Waals surface area contributed by atoms with Crippen LogP contribution in [0.15, 0.2) is 45.7 Å². The molecule has 0 atom stereocenters. The largest absolute Gasteiger partial charge is 0.435 e. The molecule has 2 heterocycles. The normalized spacial score (nSPS) is 16.8. The summed E-state index contributed by atoms with van der Waals surface area (Å²) in [7, 11) is 0. The number of halogens is 4. The van der Waals surface area contributed by atoms with Crippen LogP contribution < -0.4 is 5.56 Å². The zero-order valence-corrected chi connectivity index (χ0v) is 15.6. The molecule has 0 spiro atoms. The van der Waals surface area contributed by atoms with E-state index in [0.717, 1.165) is 53.8 Å². The molecule has 2 aromatic rings. The van der Waals surface area contributed by atoms with Crippen LogP contribution in [0.2, 0.25) is 0 Å². The van der Waals surface area contributed by atoms with E-state index in [-0.39, 0.29) is 12.5 Å². The molecule has 3 rings (SSSR count). The van der Waals surface area contributed by atoms with Crippen LogP contribution >= 0.6 is 15.9 Å². The molecule has 1 aromatic carbocycles. The van der Waals surface area contributed by atoms with Gasteiger partial charge in [-0.25, -0.2) is 4.68 Å². The maximum atomic E-state index is 12.8. The van der Waals surface area contributed by atoms with Crippen LogP contribution in [-0.2, 0) is 19.3 Å². The molecule has 1 aliphatic rings. The van der Waals surface area contributed by atoms with Gasteiger partial charge >= 0.3 is 6.18 Å². The Morgan fingerprint density at radius 2 is 1.88 bits per heavy atom. The fourth-order valence-electron chi connectivity index (χ4n) is 3.20. The Kier molecular flexibility index (Phi) is 5.82. The Balaban J connectivity index is 1.58. The van der Waals surface area contributed by atoms with Crippen LogP contribution in [0.25, 0.3) is 0 Å². The van der Waals surface area contributed by atoms with E-state index in [1.54, 1.807) is 0 Å². The zero-order chi connectivity index (χ0) is 18.7. The van der Waals surface area contributed by atoms with Gasteiger partial charge in [-0.05, 0) is 55.6 Å². The van der Waals surface area contributed by atoms with Gasteiger partial charge < -0.3 is 0 Å². The molecule has 0 unspecified atom stereocenters. The van der Waals surface area contributed by atoms with E-state index in [1.807, 2.05) is 12.1 Å². The van der Waals surface area contributed by atoms with Gasteiger partial charge in [-0.3, -0.25) is 9.69 Å². The van der Waals surface area contributed by atoms with Crippen molar-refractivity contribution >= 4 is 15.9 Å². The first-order valence-electron chi connectivity index (χ1n) is 8.43. The third-order valence-electron chi connectivity index (χ3n) is 4.59. The van der Waals surface area contributed by atoms with Gasteiger partial charge in [0.2, 0.25) is 0 Å². The lowest BCUT2D eigenvalue weighted by Crippen LogP contribution is -2.36. The molecular formula is C18H19BrF3N3O. The van der Waals surface area contributed by atoms with Gasteiger partial charge in [-0.15, -0.1) is 0 Å². The van der Waals surface area contributed by atoms with E-state index >= 15 is 0 Å². The molecule has 0 N–H and O–H groups in total. The minimum atomic E-state index is -4.54. The summed E-state index contributed by atoms with van der Waals surface area (Å²) in [6.45, 7) is 2.77. The highest BCUT2D eigenvalue weighted by Crippen LogP contribution is 2.27. The highest BCUT2D eigenvalue weighted by molar-refractivity contribution is 9.10. The van der Waals surface area contributed by atoms with Crippen molar-refractivity contribution in [2.75, 3.05) is 13.1 Å². The summed E-state index contributed by atoms with van der Waals surface area (Å²) in [6, 6.07) is 9.81. The van der Waals surface area contributed by atoms with E-state index < -0.39 is 17.4 Å². The summed E-state index contributed by atoms with van der Waals surface area (Å²) in [5, 5.41) is 3.49. The lowest BCUT2D eigenvalue weighted by molar-refractivity contribution is -0.142. The van der Waals surface area contributed by atoms with Crippen LogP contribution in [0.4, 0.5) is 13.2 Å². The predicted octanol–water partition coefficient (Wildman–Crippen LogP) is 3.94. The lowest BCUT2D eigenvalue weighted by Gasteiger charge is -2.32. The molecule has 0 bridgehead atoms. The molecule has 0 amide bonds. The zero-order valence-electron chi connectivity index (χ0n) is 14.0. The topological polar surface area (TPSA) is 38.1 Å². The molecule has 1 aromatic heterocycles. The monoisotopic (exact) mass is 429 g/mol. The van der Waals surface area contributed by atoms with Crippen molar-refractivity contribution in [3.05, 3.63) is 62.5 Å². The van der Waals surface area contributed by atoms with Gasteiger partial charge in [0.25, 0.3) is 5.56 Å². The van der Waals surface area contributed by atoms with Crippen molar-refractivity contribution in [3.8, 4) is 0 Å². The number of likely N-dealkylation sites (tertiary alicyclic amines) is 1. The standard InChI is InChI=1S/C18H19BrF3N3O/c19-15-3-1-2-14(10-15)11-24-8-6-13(7-9-24)12-25-17(26)5-4-16(23-25)18(20,21)22/h1-5,10,13H,6-9,11-12H2. The molecule has 26 heavy (non-hydrogen) atoms. The van der Waals surface area contributed by atoms with Crippen LogP contribution in [0, 0.1) is 5.92 Å². The van der Waals surface area contributed by atoms with Crippen molar-refractivity contribution in [2.45, 2.75) is 32.1 Å². The third-order valence-corrected chi connectivity index (χ3v) is 5.08. The lowest BCUT2D eigenvalue weighted by atomic mass is 9.96. The van der Waals surface area contributed by atoms with Gasteiger partial charge in [0, 0.05) is 23.6 Å². The Labute approximate surface area is 157 Å². The minimum Gasteiger partial charge on any atom is -0.299 e. The molecular weight excluding hydrogens is 411 g/mol. The molecule has 1 saturated heterocycles. The molecule has 140 valence electrons. The van der Waals surface area contributed by atoms with Crippen LogP contribution in [0.3, 0.4) is 0 Å². The first-order chi connectivity index (χ1) is 12.3. The number of hydrogen-bond donors (Lipinski definition) is 0. The summed E-state index contributed by atoms with van der Waals surface area (Å²) in [5.41, 5.74) is -0.299. The molecule has 1 fully saturated rings. The van der Waals surface area contributed by atoms with E-state index in [4.69, 9.17) is 0 Å². The molecule has 0 radical (unpaired) electrons. The number of hydrogen-bond acceptors (Lipinski definition) is 3. The van der Waals surface area contributed by atoms with E-state index in [9.17, 15) is 18.0 Å². The first kappa shape index (κ1) is 19.1. The second kappa shape index (κ2) is 7.92. The Morgan fingerprint density at radius 3 is 2.54 bits per heavy atom. The summed E-state index contributed by atoms with van der Waals surface area (Å²) < 4.78 is 40.3. The summed E-state index contributed by atoms with van der Waals surface area (Å²) >= 11 is 3.46. The molecule has 4 nitrogen and oxygen atoms in total. The van der Waals surface area contributed by atoms with Crippen LogP contribution in [0.1, 0.15) is 24.1 Å². The summed E-state index contributed by atoms with van der Waals surface area (Å²) in [5.74, 6) is 0.155. The number of nitrogens with zero attached hydrogens (tertiary/aromatic N) is 3. The SMILES string of the molecule is O=c1ccc(C(F)(F)F)nn1CC1CCN(Cc2cccc(Br)c2)CC1. The van der Waals surface area contributed by atoms with E-state index in [2.05, 4.69) is 38.1 Å². The average Bonchev–Trinajstić information content (AvgIpc) is 2.57. The quantitative estimate of drug-likeness (QED) is 0.738. The predicted molar refractivity (Wildman–Crippen MR) is 95.6 cm³/mol. The Morgan fingerprint density at radius 1 is 1.15 bits per heavy atom. The van der Waals surface area contributed by atoms with Gasteiger partial charge in [0.15, 0.2) is 5.69 Å². The van der Waals surface area contributed by atoms with Crippen molar-refractivity contribution in [3.63, 3.8) is 0 Å². The van der Waals surface area contributed by atoms with Gasteiger partial charge in [-0.1, -0.05) is 28.1 Å². The molecule has 0 saturated carbocycles. The maximum Gasteiger partial charge on any atom is 0.435 e. The smallest absolute Gasteiger partial charge is 0.299 e. The van der Waals surface area contributed by atoms with Crippen molar-refractivity contribution in [1.82, 2.24) is 14.7 Å². The number of aromatic nitrogens is 2. The Hall–Kier alpha value is -1.67. The van der Waals surface area contributed by atoms with E-state index in [0.29, 0.717) is 0 Å².